The largest absolute Gasteiger partial charge is 0.383 e. The van der Waals surface area contributed by atoms with Crippen LogP contribution < -0.4 is 4.90 Å². The zero-order valence-corrected chi connectivity index (χ0v) is 12.6. The lowest BCUT2D eigenvalue weighted by atomic mass is 10.2. The summed E-state index contributed by atoms with van der Waals surface area (Å²) in [6.45, 7) is 8.06. The maximum Gasteiger partial charge on any atom is 0.143 e. The fourth-order valence-corrected chi connectivity index (χ4v) is 2.13. The molecule has 0 N–H and O–H groups in total. The number of aryl methyl sites for hydroxylation is 1. The van der Waals surface area contributed by atoms with Gasteiger partial charge in [0.1, 0.15) is 5.82 Å². The molecule has 0 saturated carbocycles. The molecule has 1 heterocycles. The van der Waals surface area contributed by atoms with Gasteiger partial charge in [0.2, 0.25) is 0 Å². The number of hydrogen-bond acceptors (Lipinski definition) is 3. The van der Waals surface area contributed by atoms with Gasteiger partial charge in [0.05, 0.1) is 11.1 Å². The normalized spacial score (nSPS) is 12.5. The van der Waals surface area contributed by atoms with E-state index in [1.165, 1.54) is 5.56 Å². The van der Waals surface area contributed by atoms with Crippen molar-refractivity contribution in [3.05, 3.63) is 22.3 Å². The van der Waals surface area contributed by atoms with Gasteiger partial charge in [-0.25, -0.2) is 4.98 Å². The highest BCUT2D eigenvalue weighted by Gasteiger charge is 2.17. The molecule has 1 unspecified atom stereocenters. The predicted octanol–water partition coefficient (Wildman–Crippen LogP) is 3.40. The molecule has 0 aromatic carbocycles. The number of hydrogen-bond donors (Lipinski definition) is 0. The molecule has 1 rings (SSSR count). The van der Waals surface area contributed by atoms with Gasteiger partial charge in [0.15, 0.2) is 0 Å². The van der Waals surface area contributed by atoms with Crippen LogP contribution in [-0.2, 0) is 4.74 Å². The highest BCUT2D eigenvalue weighted by atomic mass is 79.9. The molecule has 0 radical (unpaired) electrons. The van der Waals surface area contributed by atoms with Crippen LogP contribution in [0.3, 0.4) is 0 Å². The maximum atomic E-state index is 5.17. The molecule has 3 nitrogen and oxygen atoms in total. The van der Waals surface area contributed by atoms with Crippen LogP contribution in [0.5, 0.6) is 0 Å². The van der Waals surface area contributed by atoms with Crippen molar-refractivity contribution in [1.29, 1.82) is 0 Å². The molecule has 0 bridgehead atoms. The number of pyridine rings is 1. The van der Waals surface area contributed by atoms with E-state index in [1.807, 2.05) is 12.3 Å². The van der Waals surface area contributed by atoms with Gasteiger partial charge in [-0.3, -0.25) is 0 Å². The number of aromatic nitrogens is 1. The van der Waals surface area contributed by atoms with Crippen LogP contribution in [0.25, 0.3) is 0 Å². The second-order valence-corrected chi connectivity index (χ2v) is 5.00. The number of anilines is 1. The number of ether oxygens (including phenoxy) is 1. The van der Waals surface area contributed by atoms with Crippen LogP contribution in [0.15, 0.2) is 16.7 Å². The molecule has 0 aliphatic rings. The third-order valence-electron chi connectivity index (χ3n) is 3.00. The van der Waals surface area contributed by atoms with Crippen LogP contribution in [0.2, 0.25) is 0 Å². The number of rotatable bonds is 6. The van der Waals surface area contributed by atoms with Gasteiger partial charge in [-0.2, -0.15) is 0 Å². The van der Waals surface area contributed by atoms with Crippen molar-refractivity contribution in [3.63, 3.8) is 0 Å². The van der Waals surface area contributed by atoms with Crippen LogP contribution in [0.4, 0.5) is 5.82 Å². The predicted molar refractivity (Wildman–Crippen MR) is 75.6 cm³/mol. The number of halogens is 1. The Hall–Kier alpha value is -0.610. The van der Waals surface area contributed by atoms with Gasteiger partial charge in [-0.1, -0.05) is 6.92 Å². The van der Waals surface area contributed by atoms with Crippen molar-refractivity contribution in [1.82, 2.24) is 4.98 Å². The van der Waals surface area contributed by atoms with Gasteiger partial charge in [-0.05, 0) is 47.8 Å². The number of methoxy groups -OCH3 is 1. The average Bonchev–Trinajstić information content (AvgIpc) is 2.34. The average molecular weight is 301 g/mol. The Morgan fingerprint density at radius 3 is 2.82 bits per heavy atom. The third kappa shape index (κ3) is 3.68. The summed E-state index contributed by atoms with van der Waals surface area (Å²) in [5.41, 5.74) is 1.21. The Kier molecular flexibility index (Phi) is 5.92. The molecule has 1 aromatic heterocycles. The topological polar surface area (TPSA) is 25.4 Å². The minimum absolute atomic E-state index is 0.454. The molecule has 0 aliphatic carbocycles. The molecular weight excluding hydrogens is 280 g/mol. The molecule has 4 heteroatoms. The molecular formula is C13H21BrN2O. The molecule has 0 saturated heterocycles. The van der Waals surface area contributed by atoms with Crippen LogP contribution >= 0.6 is 15.9 Å². The van der Waals surface area contributed by atoms with Gasteiger partial charge >= 0.3 is 0 Å². The zero-order valence-electron chi connectivity index (χ0n) is 11.0. The highest BCUT2D eigenvalue weighted by Crippen LogP contribution is 2.28. The van der Waals surface area contributed by atoms with Crippen molar-refractivity contribution < 1.29 is 4.74 Å². The Labute approximate surface area is 112 Å². The lowest BCUT2D eigenvalue weighted by Crippen LogP contribution is -2.36. The summed E-state index contributed by atoms with van der Waals surface area (Å²) in [6, 6.07) is 2.47. The van der Waals surface area contributed by atoms with Crippen molar-refractivity contribution in [2.24, 2.45) is 0 Å². The lowest BCUT2D eigenvalue weighted by Gasteiger charge is -2.30. The third-order valence-corrected chi connectivity index (χ3v) is 3.98. The van der Waals surface area contributed by atoms with E-state index >= 15 is 0 Å². The maximum absolute atomic E-state index is 5.17. The van der Waals surface area contributed by atoms with E-state index in [0.29, 0.717) is 12.6 Å². The zero-order chi connectivity index (χ0) is 12.8. The lowest BCUT2D eigenvalue weighted by molar-refractivity contribution is 0.203. The molecule has 0 amide bonds. The molecule has 1 atom stereocenters. The first kappa shape index (κ1) is 14.5. The second kappa shape index (κ2) is 6.97. The van der Waals surface area contributed by atoms with E-state index in [-0.39, 0.29) is 0 Å². The molecule has 0 fully saturated rings. The van der Waals surface area contributed by atoms with E-state index in [4.69, 9.17) is 4.74 Å². The first-order valence-electron chi connectivity index (χ1n) is 5.98. The van der Waals surface area contributed by atoms with Gasteiger partial charge in [0, 0.05) is 25.9 Å². The molecule has 96 valence electrons. The summed E-state index contributed by atoms with van der Waals surface area (Å²) < 4.78 is 6.25. The van der Waals surface area contributed by atoms with Crippen molar-refractivity contribution in [2.75, 3.05) is 25.2 Å². The minimum atomic E-state index is 0.454. The van der Waals surface area contributed by atoms with E-state index in [2.05, 4.69) is 46.6 Å². The van der Waals surface area contributed by atoms with Crippen LogP contribution in [-0.4, -0.2) is 31.3 Å². The van der Waals surface area contributed by atoms with Crippen molar-refractivity contribution in [2.45, 2.75) is 33.2 Å². The van der Waals surface area contributed by atoms with Crippen molar-refractivity contribution >= 4 is 21.7 Å². The fourth-order valence-electron chi connectivity index (χ4n) is 1.67. The Morgan fingerprint density at radius 1 is 1.53 bits per heavy atom. The summed E-state index contributed by atoms with van der Waals surface area (Å²) in [7, 11) is 1.73. The Bertz CT molecular complexity index is 357. The fraction of sp³-hybridized carbons (Fsp3) is 0.615. The second-order valence-electron chi connectivity index (χ2n) is 4.21. The summed E-state index contributed by atoms with van der Waals surface area (Å²) in [6.07, 6.45) is 2.95. The standard InChI is InChI=1S/C13H21BrN2O/c1-5-11(3)16(8-9-17-4)13-12(14)10(2)6-7-15-13/h6-7,11H,5,8-9H2,1-4H3. The van der Waals surface area contributed by atoms with Gasteiger partial charge < -0.3 is 9.64 Å². The molecule has 0 aliphatic heterocycles. The van der Waals surface area contributed by atoms with E-state index < -0.39 is 0 Å². The Balaban J connectivity index is 2.99. The number of nitrogens with zero attached hydrogens (tertiary/aromatic N) is 2. The summed E-state index contributed by atoms with van der Waals surface area (Å²) in [4.78, 5) is 6.78. The van der Waals surface area contributed by atoms with Gasteiger partial charge in [-0.15, -0.1) is 0 Å². The smallest absolute Gasteiger partial charge is 0.143 e. The van der Waals surface area contributed by atoms with E-state index in [1.54, 1.807) is 7.11 Å². The SMILES string of the molecule is CCC(C)N(CCOC)c1nccc(C)c1Br. The minimum Gasteiger partial charge on any atom is -0.383 e. The highest BCUT2D eigenvalue weighted by molar-refractivity contribution is 9.10. The first-order chi connectivity index (χ1) is 8.11. The summed E-state index contributed by atoms with van der Waals surface area (Å²) in [5, 5.41) is 0. The van der Waals surface area contributed by atoms with Crippen LogP contribution in [0, 0.1) is 6.92 Å². The first-order valence-corrected chi connectivity index (χ1v) is 6.77. The molecule has 0 spiro atoms. The summed E-state index contributed by atoms with van der Waals surface area (Å²) in [5.74, 6) is 1.01. The van der Waals surface area contributed by atoms with Gasteiger partial charge in [0.25, 0.3) is 0 Å². The molecule has 1 aromatic rings. The van der Waals surface area contributed by atoms with E-state index in [9.17, 15) is 0 Å². The van der Waals surface area contributed by atoms with Crippen LogP contribution in [0.1, 0.15) is 25.8 Å². The van der Waals surface area contributed by atoms with E-state index in [0.717, 1.165) is 23.3 Å². The monoisotopic (exact) mass is 300 g/mol. The molecule has 17 heavy (non-hydrogen) atoms. The summed E-state index contributed by atoms with van der Waals surface area (Å²) >= 11 is 3.63. The van der Waals surface area contributed by atoms with Crippen molar-refractivity contribution in [3.8, 4) is 0 Å². The Morgan fingerprint density at radius 2 is 2.24 bits per heavy atom. The quantitative estimate of drug-likeness (QED) is 0.805.